The molecule has 4 aromatic rings. The van der Waals surface area contributed by atoms with E-state index < -0.39 is 15.9 Å². The van der Waals surface area contributed by atoms with Gasteiger partial charge in [-0.2, -0.15) is 5.26 Å². The largest absolute Gasteiger partial charge is 0.480 e. The summed E-state index contributed by atoms with van der Waals surface area (Å²) in [5, 5.41) is 19.2. The molecular weight excluding hydrogens is 502 g/mol. The second-order valence-electron chi connectivity index (χ2n) is 7.85. The molecule has 4 aromatic carbocycles. The standard InChI is InChI=1S/C26H20ClN3O5S/c1-16-11-21(36(29,32)33)7-9-23(16)30-26(31)15-34-24-10-5-19(27)13-25(24)35-20-6-8-22-17(12-20)3-2-4-18(22)14-28/h2-13H,15H2,1H3,(H,30,31)(H2,29,32,33). The molecule has 0 spiro atoms. The molecular formula is C26H20ClN3O5S. The van der Waals surface area contributed by atoms with Crippen LogP contribution in [-0.2, 0) is 14.8 Å². The van der Waals surface area contributed by atoms with Gasteiger partial charge in [0, 0.05) is 16.8 Å². The Hall–Kier alpha value is -4.10. The zero-order valence-electron chi connectivity index (χ0n) is 19.0. The van der Waals surface area contributed by atoms with E-state index in [9.17, 15) is 18.5 Å². The number of fused-ring (bicyclic) bond motifs is 1. The third-order valence-corrected chi connectivity index (χ3v) is 6.41. The van der Waals surface area contributed by atoms with Crippen molar-refractivity contribution in [1.82, 2.24) is 0 Å². The van der Waals surface area contributed by atoms with Crippen molar-refractivity contribution < 1.29 is 22.7 Å². The number of primary sulfonamides is 1. The molecule has 0 aromatic heterocycles. The summed E-state index contributed by atoms with van der Waals surface area (Å²) < 4.78 is 34.7. The Kier molecular flexibility index (Phi) is 7.12. The number of hydrogen-bond acceptors (Lipinski definition) is 6. The van der Waals surface area contributed by atoms with Gasteiger partial charge in [-0.05, 0) is 77.9 Å². The van der Waals surface area contributed by atoms with Gasteiger partial charge in [0.25, 0.3) is 5.91 Å². The summed E-state index contributed by atoms with van der Waals surface area (Å²) in [6.45, 7) is 1.32. The number of amides is 1. The maximum atomic E-state index is 12.5. The number of benzene rings is 4. The lowest BCUT2D eigenvalue weighted by atomic mass is 10.1. The number of halogens is 1. The fourth-order valence-electron chi connectivity index (χ4n) is 3.51. The van der Waals surface area contributed by atoms with Crippen LogP contribution < -0.4 is 19.9 Å². The smallest absolute Gasteiger partial charge is 0.262 e. The van der Waals surface area contributed by atoms with Gasteiger partial charge in [0.05, 0.1) is 16.5 Å². The zero-order chi connectivity index (χ0) is 25.9. The minimum absolute atomic E-state index is 0.0465. The highest BCUT2D eigenvalue weighted by molar-refractivity contribution is 7.89. The number of carbonyl (C=O) groups excluding carboxylic acids is 1. The van der Waals surface area contributed by atoms with Crippen LogP contribution in [0.4, 0.5) is 5.69 Å². The summed E-state index contributed by atoms with van der Waals surface area (Å²) in [6.07, 6.45) is 0. The molecule has 0 atom stereocenters. The molecule has 0 saturated carbocycles. The van der Waals surface area contributed by atoms with Crippen LogP contribution in [-0.4, -0.2) is 20.9 Å². The number of nitrogens with one attached hydrogen (secondary N) is 1. The average Bonchev–Trinajstić information content (AvgIpc) is 2.83. The van der Waals surface area contributed by atoms with E-state index in [2.05, 4.69) is 11.4 Å². The molecule has 0 aliphatic rings. The van der Waals surface area contributed by atoms with E-state index in [4.69, 9.17) is 26.2 Å². The SMILES string of the molecule is Cc1cc(S(N)(=O)=O)ccc1NC(=O)COc1ccc(Cl)cc1Oc1ccc2c(C#N)cccc2c1. The highest BCUT2D eigenvalue weighted by Crippen LogP contribution is 2.35. The van der Waals surface area contributed by atoms with Crippen molar-refractivity contribution in [2.24, 2.45) is 5.14 Å². The van der Waals surface area contributed by atoms with Gasteiger partial charge in [-0.3, -0.25) is 4.79 Å². The fourth-order valence-corrected chi connectivity index (χ4v) is 4.27. The van der Waals surface area contributed by atoms with E-state index in [-0.39, 0.29) is 11.5 Å². The highest BCUT2D eigenvalue weighted by Gasteiger charge is 2.14. The normalized spacial score (nSPS) is 11.1. The molecule has 1 amide bonds. The molecule has 0 heterocycles. The third-order valence-electron chi connectivity index (χ3n) is 5.27. The first kappa shape index (κ1) is 25.0. The number of sulfonamides is 1. The van der Waals surface area contributed by atoms with Gasteiger partial charge in [-0.25, -0.2) is 13.6 Å². The van der Waals surface area contributed by atoms with Crippen LogP contribution in [0.5, 0.6) is 17.2 Å². The molecule has 0 radical (unpaired) electrons. The molecule has 4 rings (SSSR count). The second kappa shape index (κ2) is 10.3. The van der Waals surface area contributed by atoms with Crippen molar-refractivity contribution in [3.8, 4) is 23.3 Å². The summed E-state index contributed by atoms with van der Waals surface area (Å²) in [4.78, 5) is 12.4. The van der Waals surface area contributed by atoms with E-state index >= 15 is 0 Å². The number of aryl methyl sites for hydroxylation is 1. The molecule has 3 N–H and O–H groups in total. The van der Waals surface area contributed by atoms with E-state index in [1.54, 1.807) is 55.5 Å². The number of ether oxygens (including phenoxy) is 2. The van der Waals surface area contributed by atoms with Gasteiger partial charge in [0.2, 0.25) is 10.0 Å². The van der Waals surface area contributed by atoms with Crippen LogP contribution in [0.25, 0.3) is 10.8 Å². The first-order chi connectivity index (χ1) is 17.1. The summed E-state index contributed by atoms with van der Waals surface area (Å²) in [5.74, 6) is 0.637. The minimum Gasteiger partial charge on any atom is -0.480 e. The van der Waals surface area contributed by atoms with Crippen molar-refractivity contribution in [2.75, 3.05) is 11.9 Å². The van der Waals surface area contributed by atoms with Gasteiger partial charge < -0.3 is 14.8 Å². The third kappa shape index (κ3) is 5.75. The van der Waals surface area contributed by atoms with Crippen molar-refractivity contribution in [1.29, 1.82) is 5.26 Å². The van der Waals surface area contributed by atoms with Crippen LogP contribution in [0.3, 0.4) is 0 Å². The monoisotopic (exact) mass is 521 g/mol. The number of nitrogens with zero attached hydrogens (tertiary/aromatic N) is 1. The van der Waals surface area contributed by atoms with Crippen molar-refractivity contribution in [2.45, 2.75) is 11.8 Å². The van der Waals surface area contributed by atoms with Crippen LogP contribution >= 0.6 is 11.6 Å². The quantitative estimate of drug-likeness (QED) is 0.346. The number of hydrogen-bond donors (Lipinski definition) is 2. The van der Waals surface area contributed by atoms with Crippen molar-refractivity contribution in [3.05, 3.63) is 88.9 Å². The molecule has 10 heteroatoms. The lowest BCUT2D eigenvalue weighted by molar-refractivity contribution is -0.118. The number of nitriles is 1. The topological polar surface area (TPSA) is 132 Å². The maximum Gasteiger partial charge on any atom is 0.262 e. The first-order valence-electron chi connectivity index (χ1n) is 10.6. The average molecular weight is 522 g/mol. The van der Waals surface area contributed by atoms with Crippen LogP contribution in [0.1, 0.15) is 11.1 Å². The van der Waals surface area contributed by atoms with Gasteiger partial charge >= 0.3 is 0 Å². The zero-order valence-corrected chi connectivity index (χ0v) is 20.6. The first-order valence-corrected chi connectivity index (χ1v) is 12.5. The maximum absolute atomic E-state index is 12.5. The molecule has 0 fully saturated rings. The molecule has 0 unspecified atom stereocenters. The number of rotatable bonds is 7. The van der Waals surface area contributed by atoms with E-state index in [1.165, 1.54) is 18.2 Å². The predicted molar refractivity (Wildman–Crippen MR) is 137 cm³/mol. The molecule has 0 saturated heterocycles. The van der Waals surface area contributed by atoms with Gasteiger partial charge in [0.1, 0.15) is 5.75 Å². The predicted octanol–water partition coefficient (Wildman–Crippen LogP) is 5.13. The Morgan fingerprint density at radius 2 is 1.86 bits per heavy atom. The minimum atomic E-state index is -3.84. The molecule has 182 valence electrons. The Morgan fingerprint density at radius 1 is 1.06 bits per heavy atom. The van der Waals surface area contributed by atoms with Crippen LogP contribution in [0.2, 0.25) is 5.02 Å². The number of anilines is 1. The van der Waals surface area contributed by atoms with Crippen LogP contribution in [0, 0.1) is 18.3 Å². The van der Waals surface area contributed by atoms with E-state index in [0.29, 0.717) is 39.1 Å². The fraction of sp³-hybridized carbons (Fsp3) is 0.0769. The van der Waals surface area contributed by atoms with E-state index in [0.717, 1.165) is 10.8 Å². The highest BCUT2D eigenvalue weighted by atomic mass is 35.5. The van der Waals surface area contributed by atoms with Crippen LogP contribution in [0.15, 0.2) is 77.7 Å². The Morgan fingerprint density at radius 3 is 2.58 bits per heavy atom. The Labute approximate surface area is 212 Å². The summed E-state index contributed by atoms with van der Waals surface area (Å²) >= 11 is 6.15. The summed E-state index contributed by atoms with van der Waals surface area (Å²) in [6, 6.07) is 21.8. The Bertz CT molecular complexity index is 1630. The van der Waals surface area contributed by atoms with E-state index in [1.807, 2.05) is 6.07 Å². The van der Waals surface area contributed by atoms with Crippen molar-refractivity contribution >= 4 is 44.0 Å². The molecule has 0 aliphatic carbocycles. The number of carbonyl (C=O) groups is 1. The Balaban J connectivity index is 1.48. The molecule has 0 bridgehead atoms. The van der Waals surface area contributed by atoms with Gasteiger partial charge in [0.15, 0.2) is 18.1 Å². The lowest BCUT2D eigenvalue weighted by Crippen LogP contribution is -2.21. The summed E-state index contributed by atoms with van der Waals surface area (Å²) in [5.41, 5.74) is 1.52. The van der Waals surface area contributed by atoms with Gasteiger partial charge in [-0.1, -0.05) is 23.7 Å². The second-order valence-corrected chi connectivity index (χ2v) is 9.85. The lowest BCUT2D eigenvalue weighted by Gasteiger charge is -2.14. The summed E-state index contributed by atoms with van der Waals surface area (Å²) in [7, 11) is -3.84. The molecule has 0 aliphatic heterocycles. The number of nitrogens with two attached hydrogens (primary N) is 1. The molecule has 36 heavy (non-hydrogen) atoms. The van der Waals surface area contributed by atoms with Crippen molar-refractivity contribution in [3.63, 3.8) is 0 Å². The van der Waals surface area contributed by atoms with Gasteiger partial charge in [-0.15, -0.1) is 0 Å². The molecule has 8 nitrogen and oxygen atoms in total.